The minimum atomic E-state index is -0.955. The molecule has 1 aromatic heterocycles. The summed E-state index contributed by atoms with van der Waals surface area (Å²) in [5, 5.41) is 3.32. The van der Waals surface area contributed by atoms with E-state index in [1.54, 1.807) is 0 Å². The average Bonchev–Trinajstić information content (AvgIpc) is 2.80. The maximum atomic E-state index is 13.5. The number of hydrogen-bond donors (Lipinski definition) is 1. The van der Waals surface area contributed by atoms with Gasteiger partial charge in [0.25, 0.3) is 0 Å². The van der Waals surface area contributed by atoms with Crippen LogP contribution in [0.2, 0.25) is 0 Å². The average molecular weight is 294 g/mol. The van der Waals surface area contributed by atoms with Crippen molar-refractivity contribution in [3.63, 3.8) is 0 Å². The van der Waals surface area contributed by atoms with Gasteiger partial charge in [-0.05, 0) is 12.1 Å². The first-order valence-corrected chi connectivity index (χ1v) is 6.68. The van der Waals surface area contributed by atoms with Gasteiger partial charge in [0.05, 0.1) is 16.8 Å². The van der Waals surface area contributed by atoms with E-state index in [2.05, 4.69) is 10.3 Å². The van der Waals surface area contributed by atoms with Crippen LogP contribution in [0.1, 0.15) is 5.01 Å². The van der Waals surface area contributed by atoms with Gasteiger partial charge in [0, 0.05) is 12.1 Å². The molecule has 102 valence electrons. The number of fused-ring (bicyclic) bond motifs is 1. The zero-order chi connectivity index (χ0) is 14.1. The van der Waals surface area contributed by atoms with Crippen molar-refractivity contribution in [2.24, 2.45) is 0 Å². The van der Waals surface area contributed by atoms with Crippen LogP contribution in [0.15, 0.2) is 36.4 Å². The third-order valence-electron chi connectivity index (χ3n) is 2.76. The molecule has 1 N–H and O–H groups in total. The monoisotopic (exact) mass is 294 g/mol. The molecule has 2 aromatic carbocycles. The molecule has 0 atom stereocenters. The standard InChI is InChI=1S/C14H9F3N2S/c15-8-5-9(16)14(10(17)6-8)18-7-13-19-11-3-1-2-4-12(11)20-13/h1-6,18H,7H2. The van der Waals surface area contributed by atoms with Gasteiger partial charge in [-0.25, -0.2) is 18.2 Å². The van der Waals surface area contributed by atoms with E-state index in [1.165, 1.54) is 11.3 Å². The maximum absolute atomic E-state index is 13.5. The molecule has 0 amide bonds. The highest BCUT2D eigenvalue weighted by atomic mass is 32.1. The van der Waals surface area contributed by atoms with Gasteiger partial charge in [-0.15, -0.1) is 11.3 Å². The van der Waals surface area contributed by atoms with Gasteiger partial charge < -0.3 is 5.32 Å². The molecule has 0 aliphatic rings. The predicted octanol–water partition coefficient (Wildman–Crippen LogP) is 4.33. The van der Waals surface area contributed by atoms with E-state index in [0.717, 1.165) is 10.2 Å². The second-order valence-corrected chi connectivity index (χ2v) is 5.29. The van der Waals surface area contributed by atoms with Crippen LogP contribution in [-0.4, -0.2) is 4.98 Å². The number of hydrogen-bond acceptors (Lipinski definition) is 3. The summed E-state index contributed by atoms with van der Waals surface area (Å²) in [4.78, 5) is 4.34. The van der Waals surface area contributed by atoms with Crippen LogP contribution >= 0.6 is 11.3 Å². The molecule has 0 saturated heterocycles. The van der Waals surface area contributed by atoms with Crippen LogP contribution in [0.25, 0.3) is 10.2 Å². The number of anilines is 1. The fourth-order valence-corrected chi connectivity index (χ4v) is 2.78. The van der Waals surface area contributed by atoms with Crippen LogP contribution < -0.4 is 5.32 Å². The molecular weight excluding hydrogens is 285 g/mol. The first-order chi connectivity index (χ1) is 9.63. The zero-order valence-electron chi connectivity index (χ0n) is 10.2. The highest BCUT2D eigenvalue weighted by Crippen LogP contribution is 2.24. The minimum absolute atomic E-state index is 0.179. The molecule has 0 saturated carbocycles. The normalized spacial score (nSPS) is 10.9. The summed E-state index contributed by atoms with van der Waals surface area (Å²) in [7, 11) is 0. The Morgan fingerprint density at radius 3 is 2.45 bits per heavy atom. The Morgan fingerprint density at radius 2 is 1.75 bits per heavy atom. The third-order valence-corrected chi connectivity index (χ3v) is 3.80. The molecule has 0 aliphatic carbocycles. The molecule has 0 unspecified atom stereocenters. The summed E-state index contributed by atoms with van der Waals surface area (Å²) in [6.45, 7) is 0.179. The minimum Gasteiger partial charge on any atom is -0.374 e. The van der Waals surface area contributed by atoms with Crippen molar-refractivity contribution in [2.45, 2.75) is 6.54 Å². The first-order valence-electron chi connectivity index (χ1n) is 5.86. The number of halogens is 3. The number of benzene rings is 2. The highest BCUT2D eigenvalue weighted by molar-refractivity contribution is 7.18. The maximum Gasteiger partial charge on any atom is 0.152 e. The number of thiazole rings is 1. The molecule has 1 heterocycles. The molecule has 3 aromatic rings. The third kappa shape index (κ3) is 2.46. The van der Waals surface area contributed by atoms with Gasteiger partial charge >= 0.3 is 0 Å². The van der Waals surface area contributed by atoms with Gasteiger partial charge in [0.1, 0.15) is 16.5 Å². The topological polar surface area (TPSA) is 24.9 Å². The van der Waals surface area contributed by atoms with Gasteiger partial charge in [0.15, 0.2) is 11.6 Å². The van der Waals surface area contributed by atoms with Crippen molar-refractivity contribution < 1.29 is 13.2 Å². The van der Waals surface area contributed by atoms with Crippen LogP contribution in [0.5, 0.6) is 0 Å². The van der Waals surface area contributed by atoms with Gasteiger partial charge in [-0.2, -0.15) is 0 Å². The van der Waals surface area contributed by atoms with Crippen molar-refractivity contribution in [1.82, 2.24) is 4.98 Å². The molecule has 0 aliphatic heterocycles. The molecule has 0 radical (unpaired) electrons. The van der Waals surface area contributed by atoms with E-state index in [4.69, 9.17) is 0 Å². The van der Waals surface area contributed by atoms with E-state index in [0.29, 0.717) is 17.1 Å². The molecule has 3 rings (SSSR count). The smallest absolute Gasteiger partial charge is 0.152 e. The fraction of sp³-hybridized carbons (Fsp3) is 0.0714. The van der Waals surface area contributed by atoms with Crippen LogP contribution in [0.3, 0.4) is 0 Å². The number of rotatable bonds is 3. The van der Waals surface area contributed by atoms with Crippen molar-refractivity contribution in [3.05, 3.63) is 58.9 Å². The van der Waals surface area contributed by atoms with Crippen molar-refractivity contribution >= 4 is 27.2 Å². The van der Waals surface area contributed by atoms with Crippen LogP contribution in [0, 0.1) is 17.5 Å². The lowest BCUT2D eigenvalue weighted by atomic mass is 10.3. The Bertz CT molecular complexity index is 714. The van der Waals surface area contributed by atoms with E-state index in [1.807, 2.05) is 24.3 Å². The van der Waals surface area contributed by atoms with Crippen molar-refractivity contribution in [2.75, 3.05) is 5.32 Å². The molecule has 0 spiro atoms. The number of para-hydroxylation sites is 1. The predicted molar refractivity (Wildman–Crippen MR) is 73.3 cm³/mol. The number of nitrogens with zero attached hydrogens (tertiary/aromatic N) is 1. The van der Waals surface area contributed by atoms with E-state index >= 15 is 0 Å². The lowest BCUT2D eigenvalue weighted by Crippen LogP contribution is -2.04. The van der Waals surface area contributed by atoms with Crippen LogP contribution in [0.4, 0.5) is 18.9 Å². The lowest BCUT2D eigenvalue weighted by Gasteiger charge is -2.07. The van der Waals surface area contributed by atoms with Crippen molar-refractivity contribution in [1.29, 1.82) is 0 Å². The Labute approximate surface area is 116 Å². The number of aromatic nitrogens is 1. The largest absolute Gasteiger partial charge is 0.374 e. The summed E-state index contributed by atoms with van der Waals surface area (Å²) < 4.78 is 40.7. The Hall–Kier alpha value is -2.08. The second kappa shape index (κ2) is 5.13. The summed E-state index contributed by atoms with van der Waals surface area (Å²) in [5.74, 6) is -2.85. The molecular formula is C14H9F3N2S. The Kier molecular flexibility index (Phi) is 3.31. The zero-order valence-corrected chi connectivity index (χ0v) is 11.0. The van der Waals surface area contributed by atoms with E-state index in [-0.39, 0.29) is 12.2 Å². The quantitative estimate of drug-likeness (QED) is 0.778. The molecule has 20 heavy (non-hydrogen) atoms. The second-order valence-electron chi connectivity index (χ2n) is 4.17. The van der Waals surface area contributed by atoms with Gasteiger partial charge in [0.2, 0.25) is 0 Å². The number of nitrogens with one attached hydrogen (secondary N) is 1. The molecule has 0 fully saturated rings. The van der Waals surface area contributed by atoms with Crippen molar-refractivity contribution in [3.8, 4) is 0 Å². The van der Waals surface area contributed by atoms with E-state index in [9.17, 15) is 13.2 Å². The molecule has 2 nitrogen and oxygen atoms in total. The summed E-state index contributed by atoms with van der Waals surface area (Å²) in [6.07, 6.45) is 0. The van der Waals surface area contributed by atoms with Gasteiger partial charge in [-0.1, -0.05) is 12.1 Å². The Balaban J connectivity index is 1.83. The molecule has 6 heteroatoms. The van der Waals surface area contributed by atoms with Gasteiger partial charge in [-0.3, -0.25) is 0 Å². The highest BCUT2D eigenvalue weighted by Gasteiger charge is 2.12. The first kappa shape index (κ1) is 12.9. The summed E-state index contributed by atoms with van der Waals surface area (Å²) in [5.41, 5.74) is 0.500. The summed E-state index contributed by atoms with van der Waals surface area (Å²) in [6, 6.07) is 8.85. The Morgan fingerprint density at radius 1 is 1.05 bits per heavy atom. The fourth-order valence-electron chi connectivity index (χ4n) is 1.87. The summed E-state index contributed by atoms with van der Waals surface area (Å²) >= 11 is 1.44. The van der Waals surface area contributed by atoms with Crippen LogP contribution in [-0.2, 0) is 6.54 Å². The SMILES string of the molecule is Fc1cc(F)c(NCc2nc3ccccc3s2)c(F)c1. The molecule has 0 bridgehead atoms. The van der Waals surface area contributed by atoms with E-state index < -0.39 is 17.5 Å². The lowest BCUT2D eigenvalue weighted by molar-refractivity contribution is 0.547.